The van der Waals surface area contributed by atoms with Crippen LogP contribution in [0.25, 0.3) is 0 Å². The van der Waals surface area contributed by atoms with E-state index in [1.54, 1.807) is 55.7 Å². The van der Waals surface area contributed by atoms with E-state index in [0.29, 0.717) is 34.6 Å². The minimum Gasteiger partial charge on any atom is -0.464 e. The monoisotopic (exact) mass is 396 g/mol. The van der Waals surface area contributed by atoms with Crippen LogP contribution in [0.5, 0.6) is 0 Å². The summed E-state index contributed by atoms with van der Waals surface area (Å²) >= 11 is 0. The number of rotatable bonds is 8. The van der Waals surface area contributed by atoms with Gasteiger partial charge >= 0.3 is 5.97 Å². The normalized spacial score (nSPS) is 11.6. The molecule has 0 saturated carbocycles. The molecule has 2 aromatic rings. The van der Waals surface area contributed by atoms with Crippen LogP contribution in [0.1, 0.15) is 56.3 Å². The lowest BCUT2D eigenvalue weighted by molar-refractivity contribution is 0.0587. The highest BCUT2D eigenvalue weighted by molar-refractivity contribution is 6.07. The van der Waals surface area contributed by atoms with Crippen LogP contribution in [0.2, 0.25) is 0 Å². The smallest absolute Gasteiger partial charge is 0.354 e. The Morgan fingerprint density at radius 2 is 1.83 bits per heavy atom. The van der Waals surface area contributed by atoms with Gasteiger partial charge in [0.15, 0.2) is 5.78 Å². The first-order chi connectivity index (χ1) is 13.8. The molecule has 0 spiro atoms. The van der Waals surface area contributed by atoms with Gasteiger partial charge in [-0.2, -0.15) is 0 Å². The van der Waals surface area contributed by atoms with E-state index in [9.17, 15) is 14.4 Å². The first-order valence-corrected chi connectivity index (χ1v) is 9.59. The summed E-state index contributed by atoms with van der Waals surface area (Å²) in [5.41, 5.74) is 2.58. The lowest BCUT2D eigenvalue weighted by Crippen LogP contribution is -2.43. The number of ketones is 1. The molecule has 0 saturated heterocycles. The Bertz CT molecular complexity index is 928. The first-order valence-electron chi connectivity index (χ1n) is 9.59. The molecular formula is C23H28N2O4. The summed E-state index contributed by atoms with van der Waals surface area (Å²) in [6.45, 7) is 11.6. The molecule has 0 aliphatic carbocycles. The number of aromatic nitrogens is 1. The summed E-state index contributed by atoms with van der Waals surface area (Å²) in [4.78, 5) is 40.2. The number of amides is 1. The Labute approximate surface area is 171 Å². The van der Waals surface area contributed by atoms with E-state index in [2.05, 4.69) is 6.58 Å². The molecule has 29 heavy (non-hydrogen) atoms. The molecule has 0 bridgehead atoms. The van der Waals surface area contributed by atoms with Gasteiger partial charge in [-0.3, -0.25) is 9.59 Å². The maximum Gasteiger partial charge on any atom is 0.354 e. The maximum absolute atomic E-state index is 13.4. The fourth-order valence-electron chi connectivity index (χ4n) is 3.67. The van der Waals surface area contributed by atoms with E-state index < -0.39 is 12.0 Å². The number of nitrogens with zero attached hydrogens (tertiary/aromatic N) is 2. The van der Waals surface area contributed by atoms with Crippen molar-refractivity contribution in [3.8, 4) is 0 Å². The Balaban J connectivity index is 2.49. The SMILES string of the molecule is C=CCN(C(=O)c1ccccc1)[C@@H](C)C(=O)c1c(C)c(C(=O)OC)n(CC)c1C. The fraction of sp³-hybridized carbons (Fsp3) is 0.348. The van der Waals surface area contributed by atoms with Crippen molar-refractivity contribution in [1.29, 1.82) is 0 Å². The van der Waals surface area contributed by atoms with Gasteiger partial charge < -0.3 is 14.2 Å². The van der Waals surface area contributed by atoms with Crippen molar-refractivity contribution in [2.75, 3.05) is 13.7 Å². The molecular weight excluding hydrogens is 368 g/mol. The van der Waals surface area contributed by atoms with Crippen molar-refractivity contribution in [1.82, 2.24) is 9.47 Å². The van der Waals surface area contributed by atoms with Gasteiger partial charge in [-0.25, -0.2) is 4.79 Å². The molecule has 0 N–H and O–H groups in total. The van der Waals surface area contributed by atoms with Gasteiger partial charge in [0.1, 0.15) is 5.69 Å². The van der Waals surface area contributed by atoms with Crippen molar-refractivity contribution in [3.63, 3.8) is 0 Å². The van der Waals surface area contributed by atoms with Gasteiger partial charge in [0, 0.05) is 29.9 Å². The first kappa shape index (κ1) is 22.1. The molecule has 1 atom stereocenters. The van der Waals surface area contributed by atoms with E-state index >= 15 is 0 Å². The molecule has 6 nitrogen and oxygen atoms in total. The van der Waals surface area contributed by atoms with Crippen LogP contribution in [0.4, 0.5) is 0 Å². The average Bonchev–Trinajstić information content (AvgIpc) is 2.99. The number of hydrogen-bond donors (Lipinski definition) is 0. The zero-order valence-electron chi connectivity index (χ0n) is 17.7. The van der Waals surface area contributed by atoms with Crippen LogP contribution in [0, 0.1) is 13.8 Å². The maximum atomic E-state index is 13.4. The molecule has 1 aromatic carbocycles. The Hall–Kier alpha value is -3.15. The minimum atomic E-state index is -0.726. The summed E-state index contributed by atoms with van der Waals surface area (Å²) in [7, 11) is 1.32. The molecule has 0 unspecified atom stereocenters. The number of benzene rings is 1. The number of esters is 1. The zero-order valence-corrected chi connectivity index (χ0v) is 17.7. The van der Waals surface area contributed by atoms with Crippen LogP contribution in [0.3, 0.4) is 0 Å². The van der Waals surface area contributed by atoms with Gasteiger partial charge in [-0.15, -0.1) is 6.58 Å². The molecule has 1 amide bonds. The highest BCUT2D eigenvalue weighted by Crippen LogP contribution is 2.26. The van der Waals surface area contributed by atoms with E-state index in [4.69, 9.17) is 4.74 Å². The second-order valence-corrected chi connectivity index (χ2v) is 6.82. The molecule has 1 aromatic heterocycles. The highest BCUT2D eigenvalue weighted by Gasteiger charge is 2.32. The van der Waals surface area contributed by atoms with E-state index in [1.165, 1.54) is 12.0 Å². The molecule has 0 aliphatic rings. The Morgan fingerprint density at radius 1 is 1.21 bits per heavy atom. The third-order valence-corrected chi connectivity index (χ3v) is 5.16. The predicted molar refractivity (Wildman–Crippen MR) is 112 cm³/mol. The number of ether oxygens (including phenoxy) is 1. The molecule has 0 radical (unpaired) electrons. The van der Waals surface area contributed by atoms with Gasteiger partial charge in [-0.1, -0.05) is 24.3 Å². The van der Waals surface area contributed by atoms with E-state index in [0.717, 1.165) is 0 Å². The van der Waals surface area contributed by atoms with Gasteiger partial charge in [0.25, 0.3) is 5.91 Å². The van der Waals surface area contributed by atoms with Crippen molar-refractivity contribution in [2.45, 2.75) is 40.3 Å². The largest absolute Gasteiger partial charge is 0.464 e. The van der Waals surface area contributed by atoms with Crippen LogP contribution < -0.4 is 0 Å². The lowest BCUT2D eigenvalue weighted by Gasteiger charge is -2.27. The topological polar surface area (TPSA) is 68.6 Å². The molecule has 1 heterocycles. The summed E-state index contributed by atoms with van der Waals surface area (Å²) < 4.78 is 6.68. The number of hydrogen-bond acceptors (Lipinski definition) is 4. The minimum absolute atomic E-state index is 0.219. The average molecular weight is 396 g/mol. The van der Waals surface area contributed by atoms with Crippen molar-refractivity contribution >= 4 is 17.7 Å². The van der Waals surface area contributed by atoms with Crippen LogP contribution in [0.15, 0.2) is 43.0 Å². The summed E-state index contributed by atoms with van der Waals surface area (Å²) in [6.07, 6.45) is 1.60. The van der Waals surface area contributed by atoms with Crippen molar-refractivity contribution in [2.24, 2.45) is 0 Å². The Kier molecular flexibility index (Phi) is 7.15. The fourth-order valence-corrected chi connectivity index (χ4v) is 3.67. The number of methoxy groups -OCH3 is 1. The van der Waals surface area contributed by atoms with E-state index in [-0.39, 0.29) is 18.2 Å². The van der Waals surface area contributed by atoms with Crippen LogP contribution >= 0.6 is 0 Å². The molecule has 154 valence electrons. The second kappa shape index (κ2) is 9.37. The van der Waals surface area contributed by atoms with Gasteiger partial charge in [-0.05, 0) is 45.4 Å². The zero-order chi connectivity index (χ0) is 21.7. The summed E-state index contributed by atoms with van der Waals surface area (Å²) in [6, 6.07) is 8.10. The van der Waals surface area contributed by atoms with Gasteiger partial charge in [0.2, 0.25) is 0 Å². The molecule has 0 aliphatic heterocycles. The molecule has 2 rings (SSSR count). The van der Waals surface area contributed by atoms with Crippen LogP contribution in [-0.4, -0.2) is 46.8 Å². The summed E-state index contributed by atoms with van der Waals surface area (Å²) in [5.74, 6) is -0.948. The van der Waals surface area contributed by atoms with E-state index in [1.807, 2.05) is 13.0 Å². The number of Topliss-reactive ketones (excluding diaryl/α,β-unsaturated/α-hetero) is 1. The quantitative estimate of drug-likeness (QED) is 0.387. The Morgan fingerprint density at radius 3 is 2.34 bits per heavy atom. The predicted octanol–water partition coefficient (Wildman–Crippen LogP) is 3.81. The number of carbonyl (C=O) groups excluding carboxylic acids is 3. The van der Waals surface area contributed by atoms with Crippen LogP contribution in [-0.2, 0) is 11.3 Å². The van der Waals surface area contributed by atoms with Crippen molar-refractivity contribution < 1.29 is 19.1 Å². The third kappa shape index (κ3) is 4.16. The van der Waals surface area contributed by atoms with Crippen molar-refractivity contribution in [3.05, 3.63) is 71.1 Å². The molecule has 0 fully saturated rings. The lowest BCUT2D eigenvalue weighted by atomic mass is 9.99. The summed E-state index contributed by atoms with van der Waals surface area (Å²) in [5, 5.41) is 0. The standard InChI is InChI=1S/C23H28N2O4/c1-7-14-25(22(27)18-12-10-9-11-13-18)17(5)21(26)19-15(3)20(23(28)29-6)24(8-2)16(19)4/h7,9-13,17H,1,8,14H2,2-6H3/t17-/m0/s1. The highest BCUT2D eigenvalue weighted by atomic mass is 16.5. The molecule has 6 heteroatoms. The third-order valence-electron chi connectivity index (χ3n) is 5.16. The number of carbonyl (C=O) groups is 3. The van der Waals surface area contributed by atoms with Gasteiger partial charge in [0.05, 0.1) is 13.2 Å². The second-order valence-electron chi connectivity index (χ2n) is 6.82.